The van der Waals surface area contributed by atoms with Crippen LogP contribution in [0, 0.1) is 5.82 Å². The molecule has 1 amide bonds. The van der Waals surface area contributed by atoms with E-state index < -0.39 is 0 Å². The van der Waals surface area contributed by atoms with E-state index in [-0.39, 0.29) is 11.7 Å². The van der Waals surface area contributed by atoms with Gasteiger partial charge in [-0.1, -0.05) is 18.2 Å². The Morgan fingerprint density at radius 2 is 1.90 bits per heavy atom. The van der Waals surface area contributed by atoms with Gasteiger partial charge in [-0.2, -0.15) is 5.10 Å². The maximum atomic E-state index is 13.3. The summed E-state index contributed by atoms with van der Waals surface area (Å²) >= 11 is 0. The van der Waals surface area contributed by atoms with Crippen LogP contribution >= 0.6 is 0 Å². The summed E-state index contributed by atoms with van der Waals surface area (Å²) in [6.07, 6.45) is 6.60. The third-order valence-corrected chi connectivity index (χ3v) is 5.82. The number of rotatable bonds is 5. The first-order valence-corrected chi connectivity index (χ1v) is 10.4. The van der Waals surface area contributed by atoms with E-state index in [9.17, 15) is 9.18 Å². The molecule has 0 fully saturated rings. The van der Waals surface area contributed by atoms with Crippen LogP contribution < -0.4 is 5.32 Å². The van der Waals surface area contributed by atoms with Crippen molar-refractivity contribution in [3.63, 3.8) is 0 Å². The number of nitrogens with one attached hydrogen (secondary N) is 2. The lowest BCUT2D eigenvalue weighted by Crippen LogP contribution is -2.27. The number of aromatic nitrogens is 3. The number of fused-ring (bicyclic) bond motifs is 2. The molecule has 4 aromatic rings. The topological polar surface area (TPSA) is 62.7 Å². The average molecular weight is 402 g/mol. The molecule has 5 nitrogen and oxygen atoms in total. The quantitative estimate of drug-likeness (QED) is 0.522. The lowest BCUT2D eigenvalue weighted by Gasteiger charge is -2.14. The summed E-state index contributed by atoms with van der Waals surface area (Å²) in [4.78, 5) is 16.2. The third kappa shape index (κ3) is 3.38. The molecule has 2 N–H and O–H groups in total. The molecular formula is C24H23FN4O. The third-order valence-electron chi connectivity index (χ3n) is 5.82. The van der Waals surface area contributed by atoms with Crippen molar-refractivity contribution in [2.45, 2.75) is 32.1 Å². The highest BCUT2D eigenvalue weighted by molar-refractivity contribution is 5.94. The van der Waals surface area contributed by atoms with Crippen molar-refractivity contribution in [2.75, 3.05) is 6.54 Å². The summed E-state index contributed by atoms with van der Waals surface area (Å²) in [5.41, 5.74) is 5.65. The van der Waals surface area contributed by atoms with Gasteiger partial charge in [-0.3, -0.25) is 4.79 Å². The Morgan fingerprint density at radius 3 is 2.77 bits per heavy atom. The molecule has 0 spiro atoms. The first-order valence-electron chi connectivity index (χ1n) is 10.4. The zero-order chi connectivity index (χ0) is 20.5. The zero-order valence-electron chi connectivity index (χ0n) is 16.6. The highest BCUT2D eigenvalue weighted by atomic mass is 19.1. The molecule has 0 atom stereocenters. The van der Waals surface area contributed by atoms with Crippen molar-refractivity contribution in [2.24, 2.45) is 0 Å². The largest absolute Gasteiger partial charge is 0.361 e. The van der Waals surface area contributed by atoms with Crippen molar-refractivity contribution in [1.82, 2.24) is 20.1 Å². The summed E-state index contributed by atoms with van der Waals surface area (Å²) in [6.45, 7) is 0.541. The highest BCUT2D eigenvalue weighted by Gasteiger charge is 2.25. The number of benzene rings is 2. The number of nitrogens with zero attached hydrogens (tertiary/aromatic N) is 2. The molecule has 0 unspecified atom stereocenters. The van der Waals surface area contributed by atoms with Crippen LogP contribution in [0.3, 0.4) is 0 Å². The van der Waals surface area contributed by atoms with Gasteiger partial charge in [-0.25, -0.2) is 9.07 Å². The monoisotopic (exact) mass is 402 g/mol. The van der Waals surface area contributed by atoms with E-state index in [2.05, 4.69) is 21.5 Å². The summed E-state index contributed by atoms with van der Waals surface area (Å²) < 4.78 is 15.1. The van der Waals surface area contributed by atoms with Crippen molar-refractivity contribution in [1.29, 1.82) is 0 Å². The van der Waals surface area contributed by atoms with Gasteiger partial charge in [-0.15, -0.1) is 0 Å². The van der Waals surface area contributed by atoms with Gasteiger partial charge in [0.2, 0.25) is 0 Å². The normalized spacial score (nSPS) is 13.4. The Balaban J connectivity index is 1.35. The molecule has 0 saturated carbocycles. The second-order valence-corrected chi connectivity index (χ2v) is 7.73. The van der Waals surface area contributed by atoms with Crippen LogP contribution in [0.2, 0.25) is 0 Å². The first-order chi connectivity index (χ1) is 14.7. The van der Waals surface area contributed by atoms with E-state index in [1.165, 1.54) is 23.1 Å². The Morgan fingerprint density at radius 1 is 1.10 bits per heavy atom. The van der Waals surface area contributed by atoms with E-state index in [0.29, 0.717) is 12.2 Å². The smallest absolute Gasteiger partial charge is 0.272 e. The summed E-state index contributed by atoms with van der Waals surface area (Å²) in [5, 5.41) is 8.86. The average Bonchev–Trinajstić information content (AvgIpc) is 3.36. The van der Waals surface area contributed by atoms with Gasteiger partial charge in [-0.05, 0) is 68.0 Å². The number of H-pyrrole nitrogens is 1. The predicted octanol–water partition coefficient (Wildman–Crippen LogP) is 4.34. The second-order valence-electron chi connectivity index (χ2n) is 7.73. The number of carbonyl (C=O) groups excluding carboxylic acids is 1. The number of para-hydroxylation sites is 1. The van der Waals surface area contributed by atoms with Gasteiger partial charge in [0.15, 0.2) is 5.69 Å². The van der Waals surface area contributed by atoms with Crippen LogP contribution in [0.5, 0.6) is 0 Å². The lowest BCUT2D eigenvalue weighted by atomic mass is 9.95. The minimum atomic E-state index is -0.282. The van der Waals surface area contributed by atoms with Crippen LogP contribution in [0.25, 0.3) is 16.6 Å². The maximum absolute atomic E-state index is 13.3. The Bertz CT molecular complexity index is 1210. The highest BCUT2D eigenvalue weighted by Crippen LogP contribution is 2.27. The van der Waals surface area contributed by atoms with E-state index >= 15 is 0 Å². The van der Waals surface area contributed by atoms with Gasteiger partial charge in [0.05, 0.1) is 5.69 Å². The summed E-state index contributed by atoms with van der Waals surface area (Å²) in [6, 6.07) is 14.4. The fourth-order valence-electron chi connectivity index (χ4n) is 4.31. The van der Waals surface area contributed by atoms with Gasteiger partial charge in [0.1, 0.15) is 5.82 Å². The summed E-state index contributed by atoms with van der Waals surface area (Å²) in [7, 11) is 0. The molecule has 1 aliphatic carbocycles. The Labute approximate surface area is 173 Å². The van der Waals surface area contributed by atoms with Crippen molar-refractivity contribution >= 4 is 16.8 Å². The van der Waals surface area contributed by atoms with E-state index in [1.807, 2.05) is 29.1 Å². The van der Waals surface area contributed by atoms with Crippen molar-refractivity contribution in [3.05, 3.63) is 83.1 Å². The van der Waals surface area contributed by atoms with Crippen LogP contribution in [0.15, 0.2) is 54.7 Å². The lowest BCUT2D eigenvalue weighted by molar-refractivity contribution is 0.0947. The number of halogens is 1. The van der Waals surface area contributed by atoms with Gasteiger partial charge in [0.25, 0.3) is 5.91 Å². The Kier molecular flexibility index (Phi) is 4.83. The summed E-state index contributed by atoms with van der Waals surface area (Å²) in [5.74, 6) is -0.427. The molecule has 5 rings (SSSR count). The predicted molar refractivity (Wildman–Crippen MR) is 114 cm³/mol. The van der Waals surface area contributed by atoms with E-state index in [0.717, 1.165) is 54.6 Å². The van der Waals surface area contributed by atoms with Gasteiger partial charge >= 0.3 is 0 Å². The first kappa shape index (κ1) is 18.6. The minimum Gasteiger partial charge on any atom is -0.361 e. The molecule has 152 valence electrons. The SMILES string of the molecule is O=C(NCCc1c[nH]c2ccccc12)c1nn(-c2ccc(F)cc2)c2c1CCCC2. The Hall–Kier alpha value is -3.41. The number of carbonyl (C=O) groups is 1. The standard InChI is InChI=1S/C24H23FN4O/c25-17-9-11-18(12-10-17)29-22-8-4-2-6-20(22)23(28-29)24(30)26-14-13-16-15-27-21-7-3-1-5-19(16)21/h1,3,5,7,9-12,15,27H,2,4,6,8,13-14H2,(H,26,30). The van der Waals surface area contributed by atoms with Crippen LogP contribution in [-0.4, -0.2) is 27.2 Å². The number of hydrogen-bond donors (Lipinski definition) is 2. The fourth-order valence-corrected chi connectivity index (χ4v) is 4.31. The van der Waals surface area contributed by atoms with Crippen LogP contribution in [-0.2, 0) is 19.3 Å². The van der Waals surface area contributed by atoms with Gasteiger partial charge in [0, 0.05) is 34.9 Å². The van der Waals surface area contributed by atoms with E-state index in [4.69, 9.17) is 0 Å². The molecule has 0 saturated heterocycles. The molecule has 1 aliphatic rings. The molecule has 6 heteroatoms. The number of aromatic amines is 1. The second kappa shape index (κ2) is 7.78. The molecule has 2 heterocycles. The molecule has 30 heavy (non-hydrogen) atoms. The zero-order valence-corrected chi connectivity index (χ0v) is 16.6. The van der Waals surface area contributed by atoms with E-state index in [1.54, 1.807) is 12.1 Å². The molecule has 2 aromatic carbocycles. The maximum Gasteiger partial charge on any atom is 0.272 e. The van der Waals surface area contributed by atoms with Gasteiger partial charge < -0.3 is 10.3 Å². The molecule has 0 aliphatic heterocycles. The number of amides is 1. The molecule has 0 bridgehead atoms. The van der Waals surface area contributed by atoms with Crippen LogP contribution in [0.1, 0.15) is 40.2 Å². The molecule has 2 aromatic heterocycles. The molecular weight excluding hydrogens is 379 g/mol. The fraction of sp³-hybridized carbons (Fsp3) is 0.250. The van der Waals surface area contributed by atoms with Crippen molar-refractivity contribution in [3.8, 4) is 5.69 Å². The number of hydrogen-bond acceptors (Lipinski definition) is 2. The molecule has 0 radical (unpaired) electrons. The minimum absolute atomic E-state index is 0.145. The van der Waals surface area contributed by atoms with Crippen LogP contribution in [0.4, 0.5) is 4.39 Å². The van der Waals surface area contributed by atoms with Crippen molar-refractivity contribution < 1.29 is 9.18 Å².